The van der Waals surface area contributed by atoms with Crippen LogP contribution in [0.25, 0.3) is 0 Å². The van der Waals surface area contributed by atoms with Crippen molar-refractivity contribution in [2.45, 2.75) is 232 Å². The number of esters is 3. The number of hydrogen-bond acceptors (Lipinski definition) is 6. The van der Waals surface area contributed by atoms with E-state index < -0.39 is 6.10 Å². The molecule has 0 bridgehead atoms. The standard InChI is InChI=1S/C59H96O6/c1-4-7-10-13-16-19-22-24-26-27-28-29-30-31-32-33-34-36-37-40-43-46-49-52-58(61)64-55-56(54-63-57(60)51-48-45-42-39-21-18-15-12-9-6-3)65-59(62)53-50-47-44-41-38-35-25-23-20-17-14-11-8-5-2/h7,10,14,16-17,19,23-26,28-29,31-32,34,36,40,43,56H,4-6,8-9,11-13,15,18,20-22,27,30,33,35,37-39,41-42,44-55H2,1-3H3/b10-7-,17-14-,19-16-,25-23-,26-24-,29-28-,32-31-,36-34-,43-40-. The van der Waals surface area contributed by atoms with E-state index in [-0.39, 0.29) is 37.5 Å². The Morgan fingerprint density at radius 3 is 1.05 bits per heavy atom. The Balaban J connectivity index is 4.45. The Bertz CT molecular complexity index is 1360. The van der Waals surface area contributed by atoms with Crippen molar-refractivity contribution < 1.29 is 28.6 Å². The highest BCUT2D eigenvalue weighted by molar-refractivity contribution is 5.71. The van der Waals surface area contributed by atoms with Gasteiger partial charge in [-0.2, -0.15) is 0 Å². The highest BCUT2D eigenvalue weighted by Gasteiger charge is 2.19. The first kappa shape index (κ1) is 61.1. The quantitative estimate of drug-likeness (QED) is 0.0262. The van der Waals surface area contributed by atoms with Gasteiger partial charge in [-0.05, 0) is 96.3 Å². The summed E-state index contributed by atoms with van der Waals surface area (Å²) < 4.78 is 16.7. The SMILES string of the molecule is CC/C=C\C/C=C\C/C=C\C/C=C\C/C=C\C/C=C\C/C=C\CCCC(=O)OCC(COC(=O)CCCCCCCCCCCC)OC(=O)CCCCCCC/C=C\C/C=C\CCCC. The van der Waals surface area contributed by atoms with Crippen LogP contribution < -0.4 is 0 Å². The molecule has 1 unspecified atom stereocenters. The van der Waals surface area contributed by atoms with E-state index in [0.29, 0.717) is 19.3 Å². The van der Waals surface area contributed by atoms with E-state index in [0.717, 1.165) is 116 Å². The van der Waals surface area contributed by atoms with Crippen molar-refractivity contribution in [1.29, 1.82) is 0 Å². The number of carbonyl (C=O) groups excluding carboxylic acids is 3. The Morgan fingerprint density at radius 1 is 0.323 bits per heavy atom. The molecule has 0 aromatic rings. The van der Waals surface area contributed by atoms with Crippen LogP contribution in [0.1, 0.15) is 226 Å². The number of unbranched alkanes of at least 4 members (excludes halogenated alkanes) is 17. The molecule has 0 N–H and O–H groups in total. The Hall–Kier alpha value is -3.93. The molecule has 0 rings (SSSR count). The second-order valence-corrected chi connectivity index (χ2v) is 17.1. The predicted octanol–water partition coefficient (Wildman–Crippen LogP) is 17.5. The molecule has 1 atom stereocenters. The topological polar surface area (TPSA) is 78.9 Å². The van der Waals surface area contributed by atoms with Crippen molar-refractivity contribution in [3.8, 4) is 0 Å². The minimum absolute atomic E-state index is 0.102. The second kappa shape index (κ2) is 52.7. The zero-order valence-corrected chi connectivity index (χ0v) is 42.0. The lowest BCUT2D eigenvalue weighted by Crippen LogP contribution is -2.30. The molecule has 0 aromatic carbocycles. The Labute approximate surface area is 400 Å². The van der Waals surface area contributed by atoms with Crippen molar-refractivity contribution in [2.75, 3.05) is 13.2 Å². The van der Waals surface area contributed by atoms with Crippen molar-refractivity contribution in [2.24, 2.45) is 0 Å². The van der Waals surface area contributed by atoms with Gasteiger partial charge in [0, 0.05) is 19.3 Å². The summed E-state index contributed by atoms with van der Waals surface area (Å²) in [5.41, 5.74) is 0. The molecular weight excluding hydrogens is 805 g/mol. The first-order valence-electron chi connectivity index (χ1n) is 26.4. The molecule has 0 saturated carbocycles. The molecule has 0 aromatic heterocycles. The molecule has 65 heavy (non-hydrogen) atoms. The van der Waals surface area contributed by atoms with Gasteiger partial charge in [-0.1, -0.05) is 220 Å². The number of ether oxygens (including phenoxy) is 3. The number of rotatable bonds is 46. The molecule has 368 valence electrons. The summed E-state index contributed by atoms with van der Waals surface area (Å²) in [5.74, 6) is -0.985. The lowest BCUT2D eigenvalue weighted by Gasteiger charge is -2.18. The van der Waals surface area contributed by atoms with Crippen LogP contribution >= 0.6 is 0 Å². The maximum absolute atomic E-state index is 12.8. The molecule has 0 saturated heterocycles. The highest BCUT2D eigenvalue weighted by atomic mass is 16.6. The van der Waals surface area contributed by atoms with Crippen LogP contribution in [0.3, 0.4) is 0 Å². The van der Waals surface area contributed by atoms with Crippen LogP contribution in [0.4, 0.5) is 0 Å². The molecule has 0 spiro atoms. The van der Waals surface area contributed by atoms with Gasteiger partial charge in [-0.15, -0.1) is 0 Å². The number of allylic oxidation sites excluding steroid dienone is 18. The number of carbonyl (C=O) groups is 3. The normalized spacial score (nSPS) is 13.0. The van der Waals surface area contributed by atoms with Crippen LogP contribution in [-0.4, -0.2) is 37.2 Å². The van der Waals surface area contributed by atoms with Crippen molar-refractivity contribution >= 4 is 17.9 Å². The van der Waals surface area contributed by atoms with Crippen LogP contribution in [-0.2, 0) is 28.6 Å². The minimum Gasteiger partial charge on any atom is -0.462 e. The molecule has 0 fully saturated rings. The minimum atomic E-state index is -0.808. The first-order valence-corrected chi connectivity index (χ1v) is 26.4. The molecule has 0 heterocycles. The third kappa shape index (κ3) is 50.9. The van der Waals surface area contributed by atoms with Gasteiger partial charge in [0.15, 0.2) is 6.10 Å². The van der Waals surface area contributed by atoms with E-state index >= 15 is 0 Å². The summed E-state index contributed by atoms with van der Waals surface area (Å²) in [5, 5.41) is 0. The van der Waals surface area contributed by atoms with E-state index in [1.54, 1.807) is 0 Å². The van der Waals surface area contributed by atoms with Crippen LogP contribution in [0.15, 0.2) is 109 Å². The van der Waals surface area contributed by atoms with E-state index in [2.05, 4.69) is 130 Å². The average Bonchev–Trinajstić information content (AvgIpc) is 3.30. The number of hydrogen-bond donors (Lipinski definition) is 0. The molecule has 0 aliphatic heterocycles. The van der Waals surface area contributed by atoms with E-state index in [4.69, 9.17) is 14.2 Å². The average molecular weight is 901 g/mol. The van der Waals surface area contributed by atoms with E-state index in [1.807, 2.05) is 0 Å². The largest absolute Gasteiger partial charge is 0.462 e. The van der Waals surface area contributed by atoms with E-state index in [1.165, 1.54) is 64.2 Å². The Morgan fingerprint density at radius 2 is 0.631 bits per heavy atom. The fourth-order valence-corrected chi connectivity index (χ4v) is 6.80. The molecule has 6 nitrogen and oxygen atoms in total. The summed E-state index contributed by atoms with van der Waals surface area (Å²) >= 11 is 0. The zero-order chi connectivity index (χ0) is 47.2. The van der Waals surface area contributed by atoms with Gasteiger partial charge in [0.25, 0.3) is 0 Å². The van der Waals surface area contributed by atoms with Gasteiger partial charge in [0.05, 0.1) is 0 Å². The van der Waals surface area contributed by atoms with Crippen LogP contribution in [0.2, 0.25) is 0 Å². The van der Waals surface area contributed by atoms with Gasteiger partial charge >= 0.3 is 17.9 Å². The highest BCUT2D eigenvalue weighted by Crippen LogP contribution is 2.13. The van der Waals surface area contributed by atoms with Crippen molar-refractivity contribution in [1.82, 2.24) is 0 Å². The predicted molar refractivity (Wildman–Crippen MR) is 279 cm³/mol. The lowest BCUT2D eigenvalue weighted by molar-refractivity contribution is -0.167. The smallest absolute Gasteiger partial charge is 0.306 e. The summed E-state index contributed by atoms with van der Waals surface area (Å²) in [7, 11) is 0. The van der Waals surface area contributed by atoms with Crippen LogP contribution in [0.5, 0.6) is 0 Å². The van der Waals surface area contributed by atoms with Gasteiger partial charge in [0.2, 0.25) is 0 Å². The fraction of sp³-hybridized carbons (Fsp3) is 0.644. The van der Waals surface area contributed by atoms with Gasteiger partial charge in [-0.3, -0.25) is 14.4 Å². The molecule has 0 aliphatic rings. The molecule has 0 radical (unpaired) electrons. The summed E-state index contributed by atoms with van der Waals surface area (Å²) in [6.45, 7) is 6.40. The molecular formula is C59H96O6. The van der Waals surface area contributed by atoms with Crippen LogP contribution in [0, 0.1) is 0 Å². The second-order valence-electron chi connectivity index (χ2n) is 17.1. The van der Waals surface area contributed by atoms with Gasteiger partial charge in [-0.25, -0.2) is 0 Å². The third-order valence-corrected chi connectivity index (χ3v) is 10.8. The monoisotopic (exact) mass is 901 g/mol. The molecule has 6 heteroatoms. The summed E-state index contributed by atoms with van der Waals surface area (Å²) in [6.07, 6.45) is 70.8. The third-order valence-electron chi connectivity index (χ3n) is 10.8. The van der Waals surface area contributed by atoms with E-state index in [9.17, 15) is 14.4 Å². The fourth-order valence-electron chi connectivity index (χ4n) is 6.80. The maximum atomic E-state index is 12.8. The molecule has 0 aliphatic carbocycles. The molecule has 0 amide bonds. The Kier molecular flexibility index (Phi) is 49.5. The van der Waals surface area contributed by atoms with Crippen molar-refractivity contribution in [3.05, 3.63) is 109 Å². The maximum Gasteiger partial charge on any atom is 0.306 e. The summed E-state index contributed by atoms with van der Waals surface area (Å²) in [6, 6.07) is 0. The first-order chi connectivity index (χ1) is 32.0. The lowest BCUT2D eigenvalue weighted by atomic mass is 10.1. The summed E-state index contributed by atoms with van der Waals surface area (Å²) in [4.78, 5) is 37.9. The zero-order valence-electron chi connectivity index (χ0n) is 42.0. The van der Waals surface area contributed by atoms with Crippen molar-refractivity contribution in [3.63, 3.8) is 0 Å². The van der Waals surface area contributed by atoms with Gasteiger partial charge < -0.3 is 14.2 Å². The van der Waals surface area contributed by atoms with Gasteiger partial charge in [0.1, 0.15) is 13.2 Å².